The average Bonchev–Trinajstić information content (AvgIpc) is 3.26. The number of rotatable bonds is 5. The van der Waals surface area contributed by atoms with Crippen molar-refractivity contribution in [1.82, 2.24) is 4.98 Å². The standard InChI is InChI=1S/C24H20F2N2S/c25-15-12-19-17(6-3-4-10-27)23(28-24(19)20(26)13-15)14-8-9-22-18(11-14)16-5-1-2-7-21(16)29-22/h1-2,5,7-9,11-13,28H,3-4,6,10,27H2. The van der Waals surface area contributed by atoms with Crippen LogP contribution in [-0.4, -0.2) is 11.5 Å². The van der Waals surface area contributed by atoms with Crippen molar-refractivity contribution >= 4 is 42.4 Å². The molecule has 0 spiro atoms. The first-order valence-corrected chi connectivity index (χ1v) is 10.6. The number of thiophene rings is 1. The van der Waals surface area contributed by atoms with Crippen LogP contribution in [0.3, 0.4) is 0 Å². The predicted octanol–water partition coefficient (Wildman–Crippen LogP) is 6.76. The van der Waals surface area contributed by atoms with E-state index in [4.69, 9.17) is 5.73 Å². The highest BCUT2D eigenvalue weighted by atomic mass is 32.1. The van der Waals surface area contributed by atoms with E-state index in [1.54, 1.807) is 11.3 Å². The number of aromatic amines is 1. The molecule has 5 rings (SSSR count). The van der Waals surface area contributed by atoms with Crippen LogP contribution in [0.1, 0.15) is 18.4 Å². The third kappa shape index (κ3) is 3.11. The van der Waals surface area contributed by atoms with Gasteiger partial charge in [-0.05, 0) is 61.2 Å². The monoisotopic (exact) mass is 406 g/mol. The Hall–Kier alpha value is -2.76. The van der Waals surface area contributed by atoms with E-state index < -0.39 is 11.6 Å². The van der Waals surface area contributed by atoms with Crippen molar-refractivity contribution in [3.63, 3.8) is 0 Å². The number of halogens is 2. The molecular weight excluding hydrogens is 386 g/mol. The topological polar surface area (TPSA) is 41.8 Å². The highest BCUT2D eigenvalue weighted by Crippen LogP contribution is 2.39. The Morgan fingerprint density at radius 3 is 2.55 bits per heavy atom. The van der Waals surface area contributed by atoms with Gasteiger partial charge >= 0.3 is 0 Å². The average molecular weight is 407 g/mol. The second kappa shape index (κ2) is 7.25. The smallest absolute Gasteiger partial charge is 0.150 e. The lowest BCUT2D eigenvalue weighted by atomic mass is 9.99. The van der Waals surface area contributed by atoms with Crippen LogP contribution in [0.5, 0.6) is 0 Å². The quantitative estimate of drug-likeness (QED) is 0.311. The molecule has 0 aliphatic heterocycles. The molecule has 2 aromatic heterocycles. The van der Waals surface area contributed by atoms with Crippen molar-refractivity contribution < 1.29 is 8.78 Å². The van der Waals surface area contributed by atoms with E-state index in [1.807, 2.05) is 12.1 Å². The molecule has 146 valence electrons. The first-order chi connectivity index (χ1) is 14.2. The van der Waals surface area contributed by atoms with E-state index >= 15 is 0 Å². The predicted molar refractivity (Wildman–Crippen MR) is 119 cm³/mol. The fourth-order valence-electron chi connectivity index (χ4n) is 4.11. The summed E-state index contributed by atoms with van der Waals surface area (Å²) < 4.78 is 30.9. The van der Waals surface area contributed by atoms with Gasteiger partial charge in [-0.1, -0.05) is 24.3 Å². The summed E-state index contributed by atoms with van der Waals surface area (Å²) in [5.41, 5.74) is 8.81. The Morgan fingerprint density at radius 2 is 1.69 bits per heavy atom. The number of aryl methyl sites for hydroxylation is 1. The summed E-state index contributed by atoms with van der Waals surface area (Å²) in [6.07, 6.45) is 2.47. The largest absolute Gasteiger partial charge is 0.352 e. The second-order valence-corrected chi connectivity index (χ2v) is 8.43. The normalized spacial score (nSPS) is 11.8. The van der Waals surface area contributed by atoms with Crippen molar-refractivity contribution in [3.05, 3.63) is 71.8 Å². The molecule has 0 atom stereocenters. The Kier molecular flexibility index (Phi) is 4.57. The number of hydrogen-bond donors (Lipinski definition) is 2. The van der Waals surface area contributed by atoms with Crippen LogP contribution in [-0.2, 0) is 6.42 Å². The summed E-state index contributed by atoms with van der Waals surface area (Å²) in [7, 11) is 0. The number of nitrogens with two attached hydrogens (primary N) is 1. The maximum Gasteiger partial charge on any atom is 0.150 e. The molecule has 0 bridgehead atoms. The SMILES string of the molecule is NCCCCc1c(-c2ccc3sc4ccccc4c3c2)[nH]c2c(F)cc(F)cc12. The molecule has 3 aromatic carbocycles. The molecular formula is C24H20F2N2S. The number of H-pyrrole nitrogens is 1. The van der Waals surface area contributed by atoms with Gasteiger partial charge in [0.25, 0.3) is 0 Å². The third-order valence-corrected chi connectivity index (χ3v) is 6.63. The van der Waals surface area contributed by atoms with Gasteiger partial charge in [0.05, 0.1) is 5.52 Å². The van der Waals surface area contributed by atoms with Crippen molar-refractivity contribution in [1.29, 1.82) is 0 Å². The molecule has 5 aromatic rings. The minimum absolute atomic E-state index is 0.361. The van der Waals surface area contributed by atoms with Gasteiger partial charge in [0, 0.05) is 37.3 Å². The Balaban J connectivity index is 1.73. The molecule has 0 aliphatic rings. The van der Waals surface area contributed by atoms with Gasteiger partial charge in [0.2, 0.25) is 0 Å². The van der Waals surface area contributed by atoms with Crippen LogP contribution in [0, 0.1) is 11.6 Å². The van der Waals surface area contributed by atoms with E-state index in [1.165, 1.54) is 26.2 Å². The first kappa shape index (κ1) is 18.3. The maximum absolute atomic E-state index is 14.5. The second-order valence-electron chi connectivity index (χ2n) is 7.34. The summed E-state index contributed by atoms with van der Waals surface area (Å²) in [5, 5.41) is 3.01. The van der Waals surface area contributed by atoms with E-state index in [0.29, 0.717) is 17.4 Å². The van der Waals surface area contributed by atoms with E-state index in [2.05, 4.69) is 35.3 Å². The molecule has 5 heteroatoms. The number of unbranched alkanes of at least 4 members (excludes halogenated alkanes) is 1. The van der Waals surface area contributed by atoms with Crippen molar-refractivity contribution in [2.75, 3.05) is 6.54 Å². The zero-order chi connectivity index (χ0) is 20.0. The Bertz CT molecular complexity index is 1350. The number of fused-ring (bicyclic) bond motifs is 4. The third-order valence-electron chi connectivity index (χ3n) is 5.48. The molecule has 3 N–H and O–H groups in total. The lowest BCUT2D eigenvalue weighted by molar-refractivity contribution is 0.591. The lowest BCUT2D eigenvalue weighted by Crippen LogP contribution is -1.99. The highest BCUT2D eigenvalue weighted by Gasteiger charge is 2.18. The number of hydrogen-bond acceptors (Lipinski definition) is 2. The lowest BCUT2D eigenvalue weighted by Gasteiger charge is -2.06. The minimum atomic E-state index is -0.562. The molecule has 0 radical (unpaired) electrons. The van der Waals surface area contributed by atoms with Crippen LogP contribution in [0.2, 0.25) is 0 Å². The summed E-state index contributed by atoms with van der Waals surface area (Å²) in [4.78, 5) is 3.24. The van der Waals surface area contributed by atoms with Gasteiger partial charge in [0.1, 0.15) is 11.6 Å². The van der Waals surface area contributed by atoms with Gasteiger partial charge in [-0.3, -0.25) is 0 Å². The van der Waals surface area contributed by atoms with Gasteiger partial charge in [-0.2, -0.15) is 0 Å². The number of aromatic nitrogens is 1. The van der Waals surface area contributed by atoms with Gasteiger partial charge in [-0.25, -0.2) is 8.78 Å². The summed E-state index contributed by atoms with van der Waals surface area (Å²) in [6, 6.07) is 17.0. The zero-order valence-corrected chi connectivity index (χ0v) is 16.6. The molecule has 0 fully saturated rings. The molecule has 0 aliphatic carbocycles. The van der Waals surface area contributed by atoms with Gasteiger partial charge < -0.3 is 10.7 Å². The zero-order valence-electron chi connectivity index (χ0n) is 15.8. The maximum atomic E-state index is 14.5. The first-order valence-electron chi connectivity index (χ1n) is 9.77. The van der Waals surface area contributed by atoms with Crippen molar-refractivity contribution in [2.45, 2.75) is 19.3 Å². The van der Waals surface area contributed by atoms with Crippen molar-refractivity contribution in [2.24, 2.45) is 5.73 Å². The molecule has 29 heavy (non-hydrogen) atoms. The summed E-state index contributed by atoms with van der Waals surface area (Å²) in [6.45, 7) is 0.604. The summed E-state index contributed by atoms with van der Waals surface area (Å²) >= 11 is 1.76. The van der Waals surface area contributed by atoms with E-state index in [0.717, 1.165) is 42.1 Å². The van der Waals surface area contributed by atoms with Crippen LogP contribution >= 0.6 is 11.3 Å². The van der Waals surface area contributed by atoms with Crippen LogP contribution in [0.25, 0.3) is 42.3 Å². The van der Waals surface area contributed by atoms with Crippen LogP contribution in [0.15, 0.2) is 54.6 Å². The Morgan fingerprint density at radius 1 is 0.862 bits per heavy atom. The van der Waals surface area contributed by atoms with Gasteiger partial charge in [0.15, 0.2) is 0 Å². The van der Waals surface area contributed by atoms with Gasteiger partial charge in [-0.15, -0.1) is 11.3 Å². The fourth-order valence-corrected chi connectivity index (χ4v) is 5.19. The van der Waals surface area contributed by atoms with E-state index in [-0.39, 0.29) is 0 Å². The molecule has 2 heterocycles. The summed E-state index contributed by atoms with van der Waals surface area (Å²) in [5.74, 6) is -1.12. The number of nitrogens with one attached hydrogen (secondary N) is 1. The Labute approximate surface area is 171 Å². The molecule has 0 amide bonds. The molecule has 2 nitrogen and oxygen atoms in total. The number of benzene rings is 3. The molecule has 0 saturated heterocycles. The highest BCUT2D eigenvalue weighted by molar-refractivity contribution is 7.25. The fraction of sp³-hybridized carbons (Fsp3) is 0.167. The molecule has 0 unspecified atom stereocenters. The van der Waals surface area contributed by atoms with Crippen LogP contribution in [0.4, 0.5) is 8.78 Å². The minimum Gasteiger partial charge on any atom is -0.352 e. The van der Waals surface area contributed by atoms with Crippen LogP contribution < -0.4 is 5.73 Å². The van der Waals surface area contributed by atoms with Crippen molar-refractivity contribution in [3.8, 4) is 11.3 Å². The molecule has 0 saturated carbocycles. The van der Waals surface area contributed by atoms with E-state index in [9.17, 15) is 8.78 Å².